The minimum atomic E-state index is -2.01. The van der Waals surface area contributed by atoms with Crippen LogP contribution in [-0.2, 0) is 0 Å². The highest BCUT2D eigenvalue weighted by molar-refractivity contribution is 6.90. The van der Waals surface area contributed by atoms with Crippen molar-refractivity contribution >= 4 is 36.4 Å². The number of fused-ring (bicyclic) bond motifs is 1. The first kappa shape index (κ1) is 32.5. The Morgan fingerprint density at radius 3 is 2.09 bits per heavy atom. The van der Waals surface area contributed by atoms with Gasteiger partial charge in [-0.1, -0.05) is 65.7 Å². The van der Waals surface area contributed by atoms with Gasteiger partial charge in [-0.3, -0.25) is 9.36 Å². The van der Waals surface area contributed by atoms with Crippen molar-refractivity contribution in [1.82, 2.24) is 19.4 Å². The summed E-state index contributed by atoms with van der Waals surface area (Å²) in [5.74, 6) is 3.93. The van der Waals surface area contributed by atoms with Gasteiger partial charge in [-0.25, -0.2) is 4.98 Å². The first-order chi connectivity index (χ1) is 21.5. The van der Waals surface area contributed by atoms with Crippen LogP contribution in [0, 0.1) is 11.5 Å². The molecule has 0 amide bonds. The zero-order chi connectivity index (χ0) is 32.3. The van der Waals surface area contributed by atoms with Crippen molar-refractivity contribution in [2.45, 2.75) is 77.0 Å². The van der Waals surface area contributed by atoms with Crippen molar-refractivity contribution < 1.29 is 0 Å². The van der Waals surface area contributed by atoms with Crippen molar-refractivity contribution in [3.63, 3.8) is 0 Å². The topological polar surface area (TPSA) is 66.3 Å². The number of hydrogen-bond acceptors (Lipinski definition) is 6. The summed E-state index contributed by atoms with van der Waals surface area (Å²) in [4.78, 5) is 28.1. The molecule has 0 bridgehead atoms. The van der Waals surface area contributed by atoms with Gasteiger partial charge in [0.05, 0.1) is 11.1 Å². The first-order valence-corrected chi connectivity index (χ1v) is 18.5. The maximum absolute atomic E-state index is 13.7. The fourth-order valence-electron chi connectivity index (χ4n) is 7.23. The third-order valence-electron chi connectivity index (χ3n) is 9.74. The van der Waals surface area contributed by atoms with E-state index in [9.17, 15) is 4.79 Å². The SMILES string of the molecule is CC(C)[Si](C#Cc1cc(=O)n(-c2ccccc2)c2nc(Nc3ccc(N4CCC(N(C)C)CC4)cc3)ncc12)(C(C)C)C(C)C. The smallest absolute Gasteiger partial charge is 0.258 e. The van der Waals surface area contributed by atoms with Gasteiger partial charge in [0, 0.05) is 48.3 Å². The maximum atomic E-state index is 13.7. The fourth-order valence-corrected chi connectivity index (χ4v) is 12.4. The van der Waals surface area contributed by atoms with Crippen molar-refractivity contribution in [3.05, 3.63) is 82.8 Å². The molecule has 0 saturated carbocycles. The minimum absolute atomic E-state index is 0.157. The van der Waals surface area contributed by atoms with E-state index in [4.69, 9.17) is 9.97 Å². The van der Waals surface area contributed by atoms with E-state index in [2.05, 4.69) is 106 Å². The molecule has 2 aromatic heterocycles. The molecule has 2 aromatic carbocycles. The van der Waals surface area contributed by atoms with Gasteiger partial charge in [-0.2, -0.15) is 4.98 Å². The maximum Gasteiger partial charge on any atom is 0.258 e. The quantitative estimate of drug-likeness (QED) is 0.161. The second-order valence-corrected chi connectivity index (χ2v) is 19.1. The summed E-state index contributed by atoms with van der Waals surface area (Å²) >= 11 is 0. The summed E-state index contributed by atoms with van der Waals surface area (Å²) < 4.78 is 1.66. The van der Waals surface area contributed by atoms with Crippen LogP contribution in [0.1, 0.15) is 59.9 Å². The molecule has 0 spiro atoms. The molecule has 1 fully saturated rings. The minimum Gasteiger partial charge on any atom is -0.371 e. The zero-order valence-corrected chi connectivity index (χ0v) is 29.1. The van der Waals surface area contributed by atoms with Gasteiger partial charge in [-0.05, 0) is 80.0 Å². The van der Waals surface area contributed by atoms with Crippen LogP contribution >= 0.6 is 0 Å². The van der Waals surface area contributed by atoms with Crippen LogP contribution in [0.5, 0.6) is 0 Å². The van der Waals surface area contributed by atoms with E-state index in [1.807, 2.05) is 30.3 Å². The van der Waals surface area contributed by atoms with Crippen LogP contribution in [0.15, 0.2) is 71.7 Å². The predicted molar refractivity (Wildman–Crippen MR) is 192 cm³/mol. The number of anilines is 3. The molecule has 0 unspecified atom stereocenters. The van der Waals surface area contributed by atoms with Crippen LogP contribution in [-0.4, -0.2) is 60.7 Å². The lowest BCUT2D eigenvalue weighted by Gasteiger charge is -2.38. The third-order valence-corrected chi connectivity index (χ3v) is 16.0. The van der Waals surface area contributed by atoms with Gasteiger partial charge in [0.25, 0.3) is 5.56 Å². The van der Waals surface area contributed by atoms with E-state index in [0.29, 0.717) is 39.8 Å². The molecular weight excluding hydrogens is 573 g/mol. The molecule has 0 atom stereocenters. The van der Waals surface area contributed by atoms with Crippen LogP contribution in [0.25, 0.3) is 16.7 Å². The molecule has 1 aliphatic heterocycles. The lowest BCUT2D eigenvalue weighted by atomic mass is 10.0. The molecule has 1 saturated heterocycles. The van der Waals surface area contributed by atoms with E-state index in [-0.39, 0.29) is 5.56 Å². The number of piperidine rings is 1. The molecule has 4 aromatic rings. The van der Waals surface area contributed by atoms with Crippen molar-refractivity contribution in [3.8, 4) is 17.2 Å². The Labute approximate surface area is 269 Å². The first-order valence-electron chi connectivity index (χ1n) is 16.3. The van der Waals surface area contributed by atoms with Crippen LogP contribution in [0.3, 0.4) is 0 Å². The van der Waals surface area contributed by atoms with Gasteiger partial charge >= 0.3 is 0 Å². The van der Waals surface area contributed by atoms with Gasteiger partial charge in [-0.15, -0.1) is 5.54 Å². The number of para-hydroxylation sites is 1. The Hall–Kier alpha value is -3.93. The zero-order valence-electron chi connectivity index (χ0n) is 28.1. The standard InChI is InChI=1S/C37H48N6OSi/c1-26(2)45(27(3)4,28(5)6)23-20-29-24-35(44)43(33-12-10-9-11-13-33)36-34(29)25-38-37(40-36)39-30-14-16-32(17-15-30)42-21-18-31(19-22-42)41(7)8/h9-17,24-28,31H,18-19,21-22H2,1-8H3,(H,38,39,40). The van der Waals surface area contributed by atoms with Gasteiger partial charge in [0.2, 0.25) is 5.95 Å². The molecule has 1 aliphatic rings. The summed E-state index contributed by atoms with van der Waals surface area (Å²) in [5, 5.41) is 4.15. The number of hydrogen-bond donors (Lipinski definition) is 1. The van der Waals surface area contributed by atoms with Crippen LogP contribution < -0.4 is 15.8 Å². The molecule has 5 rings (SSSR count). The number of aromatic nitrogens is 3. The lowest BCUT2D eigenvalue weighted by molar-refractivity contribution is 0.249. The highest BCUT2D eigenvalue weighted by Crippen LogP contribution is 2.41. The molecule has 0 aliphatic carbocycles. The Bertz CT molecular complexity index is 1700. The van der Waals surface area contributed by atoms with Crippen molar-refractivity contribution in [1.29, 1.82) is 0 Å². The molecule has 236 valence electrons. The summed E-state index contributed by atoms with van der Waals surface area (Å²) in [7, 11) is 2.33. The Balaban J connectivity index is 1.52. The summed E-state index contributed by atoms with van der Waals surface area (Å²) in [6, 6.07) is 20.4. The monoisotopic (exact) mass is 620 g/mol. The number of pyridine rings is 1. The Morgan fingerprint density at radius 2 is 1.51 bits per heavy atom. The molecule has 3 heterocycles. The Morgan fingerprint density at radius 1 is 0.889 bits per heavy atom. The highest BCUT2D eigenvalue weighted by Gasteiger charge is 2.41. The van der Waals surface area contributed by atoms with Crippen LogP contribution in [0.2, 0.25) is 16.6 Å². The second-order valence-electron chi connectivity index (χ2n) is 13.5. The number of nitrogens with zero attached hydrogens (tertiary/aromatic N) is 5. The van der Waals surface area contributed by atoms with E-state index in [1.165, 1.54) is 18.5 Å². The second kappa shape index (κ2) is 13.6. The van der Waals surface area contributed by atoms with Crippen molar-refractivity contribution in [2.75, 3.05) is 37.4 Å². The molecule has 8 heteroatoms. The Kier molecular flexibility index (Phi) is 9.81. The lowest BCUT2D eigenvalue weighted by Crippen LogP contribution is -2.43. The number of rotatable bonds is 8. The summed E-state index contributed by atoms with van der Waals surface area (Å²) in [6.45, 7) is 15.9. The fraction of sp³-hybridized carbons (Fsp3) is 0.432. The largest absolute Gasteiger partial charge is 0.371 e. The van der Waals surface area contributed by atoms with E-state index >= 15 is 0 Å². The third kappa shape index (κ3) is 6.70. The van der Waals surface area contributed by atoms with Crippen molar-refractivity contribution in [2.24, 2.45) is 0 Å². The normalized spacial score (nSPS) is 14.4. The summed E-state index contributed by atoms with van der Waals surface area (Å²) in [6.07, 6.45) is 4.15. The van der Waals surface area contributed by atoms with Crippen LogP contribution in [0.4, 0.5) is 17.3 Å². The molecular formula is C37H48N6OSi. The average Bonchev–Trinajstić information content (AvgIpc) is 3.01. The molecule has 1 N–H and O–H groups in total. The molecule has 45 heavy (non-hydrogen) atoms. The van der Waals surface area contributed by atoms with Gasteiger partial charge < -0.3 is 15.1 Å². The number of nitrogens with one attached hydrogen (secondary N) is 1. The number of benzene rings is 2. The highest BCUT2D eigenvalue weighted by atomic mass is 28.3. The summed E-state index contributed by atoms with van der Waals surface area (Å²) in [5.41, 5.74) is 9.21. The molecule has 7 nitrogen and oxygen atoms in total. The van der Waals surface area contributed by atoms with Gasteiger partial charge in [0.15, 0.2) is 5.65 Å². The molecule has 0 radical (unpaired) electrons. The van der Waals surface area contributed by atoms with E-state index in [1.54, 1.807) is 16.8 Å². The van der Waals surface area contributed by atoms with Gasteiger partial charge in [0.1, 0.15) is 8.07 Å². The van der Waals surface area contributed by atoms with E-state index < -0.39 is 8.07 Å². The van der Waals surface area contributed by atoms with E-state index in [0.717, 1.165) is 29.9 Å². The predicted octanol–water partition coefficient (Wildman–Crippen LogP) is 7.62. The average molecular weight is 621 g/mol.